The van der Waals surface area contributed by atoms with Crippen LogP contribution in [0.5, 0.6) is 11.6 Å². The van der Waals surface area contributed by atoms with E-state index in [4.69, 9.17) is 21.1 Å². The van der Waals surface area contributed by atoms with Crippen molar-refractivity contribution in [2.45, 2.75) is 13.5 Å². The van der Waals surface area contributed by atoms with Gasteiger partial charge in [0.2, 0.25) is 5.88 Å². The number of anilines is 1. The van der Waals surface area contributed by atoms with Crippen molar-refractivity contribution in [3.63, 3.8) is 0 Å². The van der Waals surface area contributed by atoms with Crippen LogP contribution in [0, 0.1) is 0 Å². The van der Waals surface area contributed by atoms with Gasteiger partial charge in [-0.25, -0.2) is 9.78 Å². The highest BCUT2D eigenvalue weighted by molar-refractivity contribution is 6.32. The molecule has 2 rings (SSSR count). The Bertz CT molecular complexity index is 679. The summed E-state index contributed by atoms with van der Waals surface area (Å²) in [6, 6.07) is 8.31. The summed E-state index contributed by atoms with van der Waals surface area (Å²) in [4.78, 5) is 16.1. The maximum absolute atomic E-state index is 12.0. The minimum absolute atomic E-state index is 0.304. The summed E-state index contributed by atoms with van der Waals surface area (Å²) in [5, 5.41) is 5.88. The van der Waals surface area contributed by atoms with Crippen LogP contribution < -0.4 is 20.1 Å². The predicted molar refractivity (Wildman–Crippen MR) is 89.3 cm³/mol. The van der Waals surface area contributed by atoms with E-state index in [9.17, 15) is 4.79 Å². The van der Waals surface area contributed by atoms with Crippen molar-refractivity contribution in [2.24, 2.45) is 0 Å². The quantitative estimate of drug-likeness (QED) is 0.848. The summed E-state index contributed by atoms with van der Waals surface area (Å²) < 4.78 is 10.5. The molecule has 0 bridgehead atoms. The largest absolute Gasteiger partial charge is 0.495 e. The summed E-state index contributed by atoms with van der Waals surface area (Å²) in [5.41, 5.74) is 1.38. The number of hydrogen-bond acceptors (Lipinski definition) is 4. The molecule has 2 N–H and O–H groups in total. The minimum Gasteiger partial charge on any atom is -0.495 e. The Morgan fingerprint density at radius 3 is 2.87 bits per heavy atom. The zero-order valence-corrected chi connectivity index (χ0v) is 13.7. The molecular formula is C16H18ClN3O3. The smallest absolute Gasteiger partial charge is 0.319 e. The van der Waals surface area contributed by atoms with Crippen LogP contribution in [-0.4, -0.2) is 24.7 Å². The number of ether oxygens (including phenoxy) is 2. The molecule has 0 atom stereocenters. The van der Waals surface area contributed by atoms with Gasteiger partial charge in [0.05, 0.1) is 18.7 Å². The molecule has 1 heterocycles. The van der Waals surface area contributed by atoms with Crippen molar-refractivity contribution in [2.75, 3.05) is 19.0 Å². The summed E-state index contributed by atoms with van der Waals surface area (Å²) in [6.07, 6.45) is 1.65. The fourth-order valence-corrected chi connectivity index (χ4v) is 2.18. The molecule has 1 aromatic carbocycles. The number of halogens is 1. The van der Waals surface area contributed by atoms with Crippen LogP contribution in [0.25, 0.3) is 0 Å². The highest BCUT2D eigenvalue weighted by atomic mass is 35.5. The summed E-state index contributed by atoms with van der Waals surface area (Å²) in [6.45, 7) is 2.70. The fraction of sp³-hybridized carbons (Fsp3) is 0.250. The molecule has 7 heteroatoms. The Kier molecular flexibility index (Phi) is 6.05. The average molecular weight is 336 g/mol. The Morgan fingerprint density at radius 1 is 1.35 bits per heavy atom. The van der Waals surface area contributed by atoms with Gasteiger partial charge >= 0.3 is 6.03 Å². The zero-order valence-electron chi connectivity index (χ0n) is 12.9. The fourth-order valence-electron chi connectivity index (χ4n) is 1.92. The van der Waals surface area contributed by atoms with Gasteiger partial charge < -0.3 is 20.1 Å². The van der Waals surface area contributed by atoms with Crippen LogP contribution in [0.15, 0.2) is 36.5 Å². The van der Waals surface area contributed by atoms with E-state index in [1.165, 1.54) is 7.11 Å². The highest BCUT2D eigenvalue weighted by Crippen LogP contribution is 2.27. The van der Waals surface area contributed by atoms with Crippen LogP contribution in [0.4, 0.5) is 10.5 Å². The van der Waals surface area contributed by atoms with E-state index >= 15 is 0 Å². The number of hydrogen-bond donors (Lipinski definition) is 2. The van der Waals surface area contributed by atoms with E-state index in [1.807, 2.05) is 13.0 Å². The molecule has 2 aromatic rings. The van der Waals surface area contributed by atoms with E-state index in [0.29, 0.717) is 35.5 Å². The molecule has 122 valence electrons. The lowest BCUT2D eigenvalue weighted by atomic mass is 10.2. The molecule has 1 aromatic heterocycles. The number of pyridine rings is 1. The van der Waals surface area contributed by atoms with Crippen molar-refractivity contribution in [1.82, 2.24) is 10.3 Å². The van der Waals surface area contributed by atoms with Crippen molar-refractivity contribution in [3.8, 4) is 11.6 Å². The van der Waals surface area contributed by atoms with Gasteiger partial charge in [0, 0.05) is 24.0 Å². The average Bonchev–Trinajstić information content (AvgIpc) is 2.54. The molecule has 6 nitrogen and oxygen atoms in total. The van der Waals surface area contributed by atoms with Gasteiger partial charge in [-0.15, -0.1) is 0 Å². The van der Waals surface area contributed by atoms with Crippen molar-refractivity contribution >= 4 is 23.3 Å². The molecule has 0 saturated carbocycles. The minimum atomic E-state index is -0.350. The Hall–Kier alpha value is -2.47. The second kappa shape index (κ2) is 8.24. The van der Waals surface area contributed by atoms with Gasteiger partial charge in [0.15, 0.2) is 0 Å². The zero-order chi connectivity index (χ0) is 16.7. The van der Waals surface area contributed by atoms with E-state index in [-0.39, 0.29) is 6.03 Å². The third kappa shape index (κ3) is 4.75. The maximum atomic E-state index is 12.0. The van der Waals surface area contributed by atoms with Crippen LogP contribution >= 0.6 is 11.6 Å². The number of aromatic nitrogens is 1. The second-order valence-electron chi connectivity index (χ2n) is 4.56. The molecule has 0 spiro atoms. The Morgan fingerprint density at radius 2 is 2.17 bits per heavy atom. The number of nitrogens with one attached hydrogen (secondary N) is 2. The lowest BCUT2D eigenvalue weighted by Gasteiger charge is -2.11. The molecule has 0 fully saturated rings. The normalized spacial score (nSPS) is 10.0. The van der Waals surface area contributed by atoms with Gasteiger partial charge in [-0.1, -0.05) is 17.7 Å². The van der Waals surface area contributed by atoms with Gasteiger partial charge in [-0.2, -0.15) is 0 Å². The van der Waals surface area contributed by atoms with Crippen molar-refractivity contribution in [1.29, 1.82) is 0 Å². The number of urea groups is 1. The molecule has 0 aliphatic carbocycles. The molecule has 0 saturated heterocycles. The first-order chi connectivity index (χ1) is 11.1. The van der Waals surface area contributed by atoms with Crippen LogP contribution in [0.2, 0.25) is 5.02 Å². The number of nitrogens with zero attached hydrogens (tertiary/aromatic N) is 1. The standard InChI is InChI=1S/C16H18ClN3O3/c1-3-23-15-11(5-4-8-18-15)10-19-16(21)20-12-6-7-14(22-2)13(17)9-12/h4-9H,3,10H2,1-2H3,(H2,19,20,21). The Labute approximate surface area is 139 Å². The lowest BCUT2D eigenvalue weighted by molar-refractivity contribution is 0.251. The van der Waals surface area contributed by atoms with Gasteiger partial charge in [0.25, 0.3) is 0 Å². The second-order valence-corrected chi connectivity index (χ2v) is 4.96. The van der Waals surface area contributed by atoms with Gasteiger partial charge in [-0.05, 0) is 31.2 Å². The predicted octanol–water partition coefficient (Wildman–Crippen LogP) is 3.46. The molecule has 23 heavy (non-hydrogen) atoms. The van der Waals surface area contributed by atoms with Gasteiger partial charge in [0.1, 0.15) is 5.75 Å². The van der Waals surface area contributed by atoms with Crippen LogP contribution in [-0.2, 0) is 6.54 Å². The molecule has 0 unspecified atom stereocenters. The molecule has 0 radical (unpaired) electrons. The number of methoxy groups -OCH3 is 1. The summed E-state index contributed by atoms with van der Waals surface area (Å²) in [5.74, 6) is 1.07. The summed E-state index contributed by atoms with van der Waals surface area (Å²) in [7, 11) is 1.53. The molecule has 2 amide bonds. The summed E-state index contributed by atoms with van der Waals surface area (Å²) >= 11 is 6.02. The lowest BCUT2D eigenvalue weighted by Crippen LogP contribution is -2.28. The first-order valence-electron chi connectivity index (χ1n) is 7.09. The molecular weight excluding hydrogens is 318 g/mol. The Balaban J connectivity index is 1.94. The van der Waals surface area contributed by atoms with E-state index in [0.717, 1.165) is 5.56 Å². The van der Waals surface area contributed by atoms with Crippen molar-refractivity contribution in [3.05, 3.63) is 47.1 Å². The SMILES string of the molecule is CCOc1ncccc1CNC(=O)Nc1ccc(OC)c(Cl)c1. The van der Waals surface area contributed by atoms with Crippen molar-refractivity contribution < 1.29 is 14.3 Å². The van der Waals surface area contributed by atoms with E-state index in [1.54, 1.807) is 30.5 Å². The van der Waals surface area contributed by atoms with E-state index < -0.39 is 0 Å². The topological polar surface area (TPSA) is 72.5 Å². The van der Waals surface area contributed by atoms with Crippen LogP contribution in [0.3, 0.4) is 0 Å². The highest BCUT2D eigenvalue weighted by Gasteiger charge is 2.08. The van der Waals surface area contributed by atoms with Crippen LogP contribution in [0.1, 0.15) is 12.5 Å². The molecule has 0 aliphatic rings. The molecule has 0 aliphatic heterocycles. The number of rotatable bonds is 6. The first-order valence-corrected chi connectivity index (χ1v) is 7.47. The van der Waals surface area contributed by atoms with E-state index in [2.05, 4.69) is 15.6 Å². The number of amides is 2. The number of carbonyl (C=O) groups excluding carboxylic acids is 1. The number of carbonyl (C=O) groups is 1. The maximum Gasteiger partial charge on any atom is 0.319 e. The first kappa shape index (κ1) is 16.9. The monoisotopic (exact) mass is 335 g/mol. The third-order valence-corrected chi connectivity index (χ3v) is 3.28. The van der Waals surface area contributed by atoms with Gasteiger partial charge in [-0.3, -0.25) is 0 Å². The number of benzene rings is 1. The third-order valence-electron chi connectivity index (χ3n) is 2.98.